The van der Waals surface area contributed by atoms with E-state index in [1.807, 2.05) is 54.1 Å². The first-order valence-corrected chi connectivity index (χ1v) is 12.1. The van der Waals surface area contributed by atoms with Gasteiger partial charge in [-0.05, 0) is 108 Å². The Morgan fingerprint density at radius 3 is 2.52 bits per heavy atom. The van der Waals surface area contributed by atoms with Crippen LogP contribution in [0.25, 0.3) is 11.8 Å². The first-order chi connectivity index (χ1) is 15.9. The van der Waals surface area contributed by atoms with E-state index in [9.17, 15) is 14.4 Å². The lowest BCUT2D eigenvalue weighted by Gasteiger charge is -2.13. The van der Waals surface area contributed by atoms with Crippen molar-refractivity contribution in [2.75, 3.05) is 18.5 Å². The summed E-state index contributed by atoms with van der Waals surface area (Å²) in [7, 11) is 0. The van der Waals surface area contributed by atoms with Crippen molar-refractivity contribution >= 4 is 63.2 Å². The highest BCUT2D eigenvalue weighted by Gasteiger charge is 2.36. The summed E-state index contributed by atoms with van der Waals surface area (Å²) in [6.07, 6.45) is 3.57. The number of aromatic nitrogens is 1. The Balaban J connectivity index is 1.45. The summed E-state index contributed by atoms with van der Waals surface area (Å²) in [6.45, 7) is 2.08. The first-order valence-electron chi connectivity index (χ1n) is 10.2. The molecule has 7 nitrogen and oxygen atoms in total. The van der Waals surface area contributed by atoms with E-state index in [-0.39, 0.29) is 11.4 Å². The van der Waals surface area contributed by atoms with Crippen LogP contribution in [-0.4, -0.2) is 39.7 Å². The molecule has 0 radical (unpaired) electrons. The van der Waals surface area contributed by atoms with Crippen molar-refractivity contribution in [1.82, 2.24) is 9.47 Å². The number of nitrogens with zero attached hydrogens (tertiary/aromatic N) is 2. The minimum Gasteiger partial charge on any atom is -0.494 e. The number of imide groups is 1. The minimum atomic E-state index is -0.484. The molecule has 1 aliphatic rings. The fourth-order valence-corrected chi connectivity index (χ4v) is 4.45. The molecule has 168 valence electrons. The monoisotopic (exact) mass is 573 g/mol. The molecule has 0 atom stereocenters. The number of benzene rings is 2. The predicted molar refractivity (Wildman–Crippen MR) is 137 cm³/mol. The number of ether oxygens (including phenoxy) is 1. The third-order valence-electron chi connectivity index (χ3n) is 4.79. The first kappa shape index (κ1) is 23.1. The van der Waals surface area contributed by atoms with Gasteiger partial charge >= 0.3 is 0 Å². The van der Waals surface area contributed by atoms with Gasteiger partial charge in [0.15, 0.2) is 0 Å². The Labute approximate surface area is 208 Å². The fourth-order valence-electron chi connectivity index (χ4n) is 3.26. The van der Waals surface area contributed by atoms with Crippen LogP contribution in [0.1, 0.15) is 12.6 Å². The molecular weight excluding hydrogens is 553 g/mol. The van der Waals surface area contributed by atoms with Crippen molar-refractivity contribution in [1.29, 1.82) is 0 Å². The Kier molecular flexibility index (Phi) is 7.19. The van der Waals surface area contributed by atoms with Gasteiger partial charge in [0.25, 0.3) is 11.1 Å². The number of anilines is 1. The smallest absolute Gasteiger partial charge is 0.294 e. The number of halogens is 1. The summed E-state index contributed by atoms with van der Waals surface area (Å²) >= 11 is 3.07. The molecule has 1 aromatic heterocycles. The molecule has 3 aromatic rings. The molecule has 4 rings (SSSR count). The lowest BCUT2D eigenvalue weighted by Crippen LogP contribution is -2.36. The van der Waals surface area contributed by atoms with E-state index in [0.717, 1.165) is 31.6 Å². The zero-order valence-corrected chi connectivity index (χ0v) is 20.6. The summed E-state index contributed by atoms with van der Waals surface area (Å²) in [5.74, 6) is -0.242. The van der Waals surface area contributed by atoms with E-state index in [1.165, 1.54) is 0 Å². The molecule has 9 heteroatoms. The van der Waals surface area contributed by atoms with Gasteiger partial charge in [-0.15, -0.1) is 0 Å². The van der Waals surface area contributed by atoms with Crippen molar-refractivity contribution in [3.8, 4) is 11.4 Å². The minimum absolute atomic E-state index is 0.277. The lowest BCUT2D eigenvalue weighted by atomic mass is 10.3. The second-order valence-corrected chi connectivity index (χ2v) is 9.29. The van der Waals surface area contributed by atoms with Gasteiger partial charge in [-0.25, -0.2) is 0 Å². The molecular formula is C24H20IN3O4S. The maximum Gasteiger partial charge on any atom is 0.294 e. The van der Waals surface area contributed by atoms with Gasteiger partial charge in [-0.3, -0.25) is 19.3 Å². The Morgan fingerprint density at radius 2 is 1.82 bits per heavy atom. The van der Waals surface area contributed by atoms with Gasteiger partial charge in [0.1, 0.15) is 12.3 Å². The molecule has 1 N–H and O–H groups in total. The molecule has 2 aromatic carbocycles. The number of rotatable bonds is 7. The number of carbonyl (C=O) groups excluding carboxylic acids is 3. The molecule has 2 heterocycles. The van der Waals surface area contributed by atoms with Crippen LogP contribution in [0.3, 0.4) is 0 Å². The highest BCUT2D eigenvalue weighted by atomic mass is 127. The molecule has 0 spiro atoms. The van der Waals surface area contributed by atoms with Gasteiger partial charge in [0.05, 0.1) is 11.5 Å². The highest BCUT2D eigenvalue weighted by Crippen LogP contribution is 2.32. The lowest BCUT2D eigenvalue weighted by molar-refractivity contribution is -0.127. The zero-order chi connectivity index (χ0) is 23.4. The summed E-state index contributed by atoms with van der Waals surface area (Å²) < 4.78 is 8.43. The molecule has 1 aliphatic heterocycles. The van der Waals surface area contributed by atoms with Crippen LogP contribution in [0.15, 0.2) is 71.8 Å². The van der Waals surface area contributed by atoms with Crippen LogP contribution in [0.4, 0.5) is 10.5 Å². The maximum absolute atomic E-state index is 12.8. The quantitative estimate of drug-likeness (QED) is 0.312. The summed E-state index contributed by atoms with van der Waals surface area (Å²) in [5, 5.41) is 2.23. The van der Waals surface area contributed by atoms with Crippen LogP contribution >= 0.6 is 34.4 Å². The van der Waals surface area contributed by atoms with Crippen LogP contribution < -0.4 is 10.1 Å². The third-order valence-corrected chi connectivity index (χ3v) is 6.42. The normalized spacial score (nSPS) is 14.7. The third kappa shape index (κ3) is 5.48. The van der Waals surface area contributed by atoms with Gasteiger partial charge < -0.3 is 14.6 Å². The number of nitrogens with one attached hydrogen (secondary N) is 1. The molecule has 1 fully saturated rings. The van der Waals surface area contributed by atoms with Crippen molar-refractivity contribution in [2.24, 2.45) is 0 Å². The summed E-state index contributed by atoms with van der Waals surface area (Å²) in [6, 6.07) is 18.6. The average molecular weight is 573 g/mol. The predicted octanol–water partition coefficient (Wildman–Crippen LogP) is 5.16. The van der Waals surface area contributed by atoms with Crippen molar-refractivity contribution < 1.29 is 19.1 Å². The van der Waals surface area contributed by atoms with Crippen molar-refractivity contribution in [3.05, 3.63) is 81.0 Å². The van der Waals surface area contributed by atoms with E-state index in [1.54, 1.807) is 30.3 Å². The van der Waals surface area contributed by atoms with E-state index in [2.05, 4.69) is 27.9 Å². The summed E-state index contributed by atoms with van der Waals surface area (Å²) in [4.78, 5) is 39.0. The van der Waals surface area contributed by atoms with Crippen LogP contribution in [0.2, 0.25) is 0 Å². The molecule has 0 unspecified atom stereocenters. The molecule has 3 amide bonds. The number of amides is 3. The molecule has 33 heavy (non-hydrogen) atoms. The molecule has 0 saturated carbocycles. The molecule has 0 aliphatic carbocycles. The van der Waals surface area contributed by atoms with Gasteiger partial charge in [-0.2, -0.15) is 0 Å². The van der Waals surface area contributed by atoms with E-state index in [0.29, 0.717) is 18.0 Å². The SMILES string of the molecule is CCOc1ccc(NC(=O)CN2C(=O)S/C(=C/c3cccn3-c3ccc(I)cc3)C2=O)cc1. The van der Waals surface area contributed by atoms with E-state index < -0.39 is 17.1 Å². The Bertz CT molecular complexity index is 1220. The van der Waals surface area contributed by atoms with Crippen LogP contribution in [0.5, 0.6) is 5.75 Å². The molecule has 1 saturated heterocycles. The standard InChI is InChI=1S/C24H20IN3O4S/c1-2-32-20-11-7-17(8-12-20)26-22(29)15-28-23(30)21(33-24(28)31)14-19-4-3-13-27(19)18-9-5-16(25)6-10-18/h3-14H,2,15H2,1H3,(H,26,29)/b21-14+. The van der Waals surface area contributed by atoms with Gasteiger partial charge in [-0.1, -0.05) is 0 Å². The second-order valence-electron chi connectivity index (χ2n) is 7.05. The largest absolute Gasteiger partial charge is 0.494 e. The topological polar surface area (TPSA) is 80.6 Å². The highest BCUT2D eigenvalue weighted by molar-refractivity contribution is 14.1. The average Bonchev–Trinajstić information content (AvgIpc) is 3.36. The number of carbonyl (C=O) groups is 3. The fraction of sp³-hybridized carbons (Fsp3) is 0.125. The van der Waals surface area contributed by atoms with Crippen molar-refractivity contribution in [2.45, 2.75) is 6.92 Å². The van der Waals surface area contributed by atoms with Gasteiger partial charge in [0, 0.05) is 26.8 Å². The van der Waals surface area contributed by atoms with Crippen molar-refractivity contribution in [3.63, 3.8) is 0 Å². The van der Waals surface area contributed by atoms with E-state index >= 15 is 0 Å². The van der Waals surface area contributed by atoms with Crippen LogP contribution in [-0.2, 0) is 9.59 Å². The second kappa shape index (κ2) is 10.3. The van der Waals surface area contributed by atoms with Crippen LogP contribution in [0, 0.1) is 3.57 Å². The number of hydrogen-bond acceptors (Lipinski definition) is 5. The maximum atomic E-state index is 12.8. The molecule has 0 bridgehead atoms. The van der Waals surface area contributed by atoms with Gasteiger partial charge in [0.2, 0.25) is 5.91 Å². The Hall–Kier alpha value is -3.05. The number of hydrogen-bond donors (Lipinski definition) is 1. The van der Waals surface area contributed by atoms with E-state index in [4.69, 9.17) is 4.74 Å². The number of thioether (sulfide) groups is 1. The summed E-state index contributed by atoms with van der Waals surface area (Å²) in [5.41, 5.74) is 2.27. The zero-order valence-electron chi connectivity index (χ0n) is 17.7. The Morgan fingerprint density at radius 1 is 1.09 bits per heavy atom.